The zero-order chi connectivity index (χ0) is 31.9. The molecule has 9 rings (SSSR count). The monoisotopic (exact) mass is 611 g/mol. The van der Waals surface area contributed by atoms with E-state index in [9.17, 15) is 0 Å². The van der Waals surface area contributed by atoms with Crippen molar-refractivity contribution in [2.45, 2.75) is 0 Å². The molecule has 0 saturated heterocycles. The first-order valence-corrected chi connectivity index (χ1v) is 16.2. The van der Waals surface area contributed by atoms with Crippen molar-refractivity contribution in [2.24, 2.45) is 0 Å². The second-order valence-electron chi connectivity index (χ2n) is 12.1. The maximum Gasteiger partial charge on any atom is 0.164 e. The fraction of sp³-hybridized carbons (Fsp3) is 0. The van der Waals surface area contributed by atoms with Crippen LogP contribution in [0.15, 0.2) is 176 Å². The van der Waals surface area contributed by atoms with E-state index in [0.29, 0.717) is 17.5 Å². The standard InChI is InChI=1S/C45H29N3/c1-2-12-32(13-3-1)43-46-44(40-25-19-31-11-5-7-15-34(31)29-40)48-45(47-43)42-17-9-8-16-41(42)39-24-23-37-27-36(21-22-38(37)28-39)35-20-18-30-10-4-6-14-33(30)26-35/h1-29H. The Balaban J connectivity index is 1.14. The molecule has 0 unspecified atom stereocenters. The highest BCUT2D eigenvalue weighted by molar-refractivity contribution is 5.95. The summed E-state index contributed by atoms with van der Waals surface area (Å²) < 4.78 is 0. The molecule has 0 saturated carbocycles. The molecule has 0 atom stereocenters. The van der Waals surface area contributed by atoms with E-state index in [1.54, 1.807) is 0 Å². The van der Waals surface area contributed by atoms with Gasteiger partial charge in [0.15, 0.2) is 17.5 Å². The second kappa shape index (κ2) is 11.7. The molecular weight excluding hydrogens is 583 g/mol. The molecule has 0 aliphatic rings. The summed E-state index contributed by atoms with van der Waals surface area (Å²) >= 11 is 0. The summed E-state index contributed by atoms with van der Waals surface area (Å²) in [5, 5.41) is 7.23. The molecule has 0 aliphatic heterocycles. The highest BCUT2D eigenvalue weighted by Gasteiger charge is 2.16. The van der Waals surface area contributed by atoms with E-state index in [1.165, 1.54) is 38.1 Å². The van der Waals surface area contributed by atoms with E-state index >= 15 is 0 Å². The number of fused-ring (bicyclic) bond motifs is 3. The Morgan fingerprint density at radius 3 is 1.27 bits per heavy atom. The van der Waals surface area contributed by atoms with E-state index in [1.807, 2.05) is 30.3 Å². The number of aromatic nitrogens is 3. The lowest BCUT2D eigenvalue weighted by atomic mass is 9.94. The highest BCUT2D eigenvalue weighted by Crippen LogP contribution is 2.35. The fourth-order valence-electron chi connectivity index (χ4n) is 6.56. The molecule has 9 aromatic rings. The van der Waals surface area contributed by atoms with Crippen LogP contribution in [0, 0.1) is 0 Å². The zero-order valence-corrected chi connectivity index (χ0v) is 26.1. The van der Waals surface area contributed by atoms with Crippen LogP contribution < -0.4 is 0 Å². The van der Waals surface area contributed by atoms with Crippen LogP contribution in [0.25, 0.3) is 88.7 Å². The van der Waals surface area contributed by atoms with Crippen LogP contribution >= 0.6 is 0 Å². The molecule has 0 radical (unpaired) electrons. The van der Waals surface area contributed by atoms with Gasteiger partial charge in [0.1, 0.15) is 0 Å². The Bertz CT molecular complexity index is 2620. The lowest BCUT2D eigenvalue weighted by molar-refractivity contribution is 1.07. The van der Waals surface area contributed by atoms with Gasteiger partial charge in [0.2, 0.25) is 0 Å². The van der Waals surface area contributed by atoms with Crippen molar-refractivity contribution in [1.82, 2.24) is 15.0 Å². The van der Waals surface area contributed by atoms with Gasteiger partial charge in [-0.05, 0) is 78.8 Å². The molecule has 1 aromatic heterocycles. The fourth-order valence-corrected chi connectivity index (χ4v) is 6.56. The van der Waals surface area contributed by atoms with Crippen LogP contribution in [-0.4, -0.2) is 15.0 Å². The maximum atomic E-state index is 5.10. The number of benzene rings is 8. The van der Waals surface area contributed by atoms with Crippen LogP contribution in [-0.2, 0) is 0 Å². The average molecular weight is 612 g/mol. The number of rotatable bonds is 5. The van der Waals surface area contributed by atoms with Gasteiger partial charge in [-0.15, -0.1) is 0 Å². The first-order valence-electron chi connectivity index (χ1n) is 16.2. The van der Waals surface area contributed by atoms with E-state index in [0.717, 1.165) is 33.2 Å². The largest absolute Gasteiger partial charge is 0.208 e. The topological polar surface area (TPSA) is 38.7 Å². The first kappa shape index (κ1) is 27.8. The molecule has 48 heavy (non-hydrogen) atoms. The SMILES string of the molecule is c1ccc(-c2nc(-c3ccc4ccccc4c3)nc(-c3ccccc3-c3ccc4cc(-c5ccc6ccccc6c5)ccc4c3)n2)cc1. The maximum absolute atomic E-state index is 5.10. The molecule has 8 aromatic carbocycles. The summed E-state index contributed by atoms with van der Waals surface area (Å²) in [6.45, 7) is 0. The summed E-state index contributed by atoms with van der Waals surface area (Å²) in [5.74, 6) is 1.95. The van der Waals surface area contributed by atoms with Crippen molar-refractivity contribution in [1.29, 1.82) is 0 Å². The van der Waals surface area contributed by atoms with Crippen LogP contribution in [0.3, 0.4) is 0 Å². The average Bonchev–Trinajstić information content (AvgIpc) is 3.17. The molecule has 1 heterocycles. The zero-order valence-electron chi connectivity index (χ0n) is 26.1. The van der Waals surface area contributed by atoms with Crippen LogP contribution in [0.4, 0.5) is 0 Å². The molecular formula is C45H29N3. The van der Waals surface area contributed by atoms with Crippen molar-refractivity contribution >= 4 is 32.3 Å². The summed E-state index contributed by atoms with van der Waals surface area (Å²) in [7, 11) is 0. The van der Waals surface area contributed by atoms with Crippen molar-refractivity contribution in [3.05, 3.63) is 176 Å². The van der Waals surface area contributed by atoms with Gasteiger partial charge in [0, 0.05) is 16.7 Å². The smallest absolute Gasteiger partial charge is 0.164 e. The van der Waals surface area contributed by atoms with Gasteiger partial charge in [0.05, 0.1) is 0 Å². The predicted octanol–water partition coefficient (Wildman–Crippen LogP) is 11.7. The summed E-state index contributed by atoms with van der Waals surface area (Å²) in [5.41, 5.74) is 7.50. The molecule has 0 fully saturated rings. The highest BCUT2D eigenvalue weighted by atomic mass is 15.0. The van der Waals surface area contributed by atoms with Crippen LogP contribution in [0.2, 0.25) is 0 Å². The Morgan fingerprint density at radius 2 is 0.625 bits per heavy atom. The minimum Gasteiger partial charge on any atom is -0.208 e. The molecule has 0 spiro atoms. The van der Waals surface area contributed by atoms with Gasteiger partial charge in [-0.1, -0.05) is 152 Å². The normalized spacial score (nSPS) is 11.3. The molecule has 0 aliphatic carbocycles. The Kier molecular flexibility index (Phi) is 6.80. The van der Waals surface area contributed by atoms with E-state index < -0.39 is 0 Å². The molecule has 0 N–H and O–H groups in total. The van der Waals surface area contributed by atoms with Gasteiger partial charge in [-0.25, -0.2) is 15.0 Å². The van der Waals surface area contributed by atoms with Crippen molar-refractivity contribution in [2.75, 3.05) is 0 Å². The number of nitrogens with zero attached hydrogens (tertiary/aromatic N) is 3. The molecule has 224 valence electrons. The predicted molar refractivity (Wildman–Crippen MR) is 200 cm³/mol. The van der Waals surface area contributed by atoms with E-state index in [2.05, 4.69) is 146 Å². The van der Waals surface area contributed by atoms with Gasteiger partial charge < -0.3 is 0 Å². The Hall–Kier alpha value is -6.45. The minimum atomic E-state index is 0.648. The summed E-state index contributed by atoms with van der Waals surface area (Å²) in [6, 6.07) is 61.9. The van der Waals surface area contributed by atoms with Gasteiger partial charge in [-0.2, -0.15) is 0 Å². The van der Waals surface area contributed by atoms with Gasteiger partial charge in [-0.3, -0.25) is 0 Å². The molecule has 3 heteroatoms. The number of hydrogen-bond acceptors (Lipinski definition) is 3. The summed E-state index contributed by atoms with van der Waals surface area (Å²) in [4.78, 5) is 15.1. The van der Waals surface area contributed by atoms with Crippen LogP contribution in [0.5, 0.6) is 0 Å². The molecule has 0 bridgehead atoms. The molecule has 3 nitrogen and oxygen atoms in total. The van der Waals surface area contributed by atoms with Crippen molar-refractivity contribution < 1.29 is 0 Å². The van der Waals surface area contributed by atoms with E-state index in [-0.39, 0.29) is 0 Å². The first-order chi connectivity index (χ1) is 23.7. The lowest BCUT2D eigenvalue weighted by Gasteiger charge is -2.13. The van der Waals surface area contributed by atoms with Crippen molar-refractivity contribution in [3.63, 3.8) is 0 Å². The van der Waals surface area contributed by atoms with Crippen molar-refractivity contribution in [3.8, 4) is 56.4 Å². The quantitative estimate of drug-likeness (QED) is 0.194. The van der Waals surface area contributed by atoms with Gasteiger partial charge >= 0.3 is 0 Å². The molecule has 0 amide bonds. The second-order valence-corrected chi connectivity index (χ2v) is 12.1. The van der Waals surface area contributed by atoms with Crippen LogP contribution in [0.1, 0.15) is 0 Å². The Morgan fingerprint density at radius 1 is 0.229 bits per heavy atom. The minimum absolute atomic E-state index is 0.648. The summed E-state index contributed by atoms with van der Waals surface area (Å²) in [6.07, 6.45) is 0. The lowest BCUT2D eigenvalue weighted by Crippen LogP contribution is -2.01. The third-order valence-corrected chi connectivity index (χ3v) is 9.08. The third kappa shape index (κ3) is 5.18. The van der Waals surface area contributed by atoms with Gasteiger partial charge in [0.25, 0.3) is 0 Å². The van der Waals surface area contributed by atoms with E-state index in [4.69, 9.17) is 15.0 Å². The third-order valence-electron chi connectivity index (χ3n) is 9.08. The Labute approximate surface area is 278 Å². The number of hydrogen-bond donors (Lipinski definition) is 0.